The van der Waals surface area contributed by atoms with Gasteiger partial charge in [-0.25, -0.2) is 0 Å². The Morgan fingerprint density at radius 3 is 2.86 bits per heavy atom. The highest BCUT2D eigenvalue weighted by Gasteiger charge is 2.22. The lowest BCUT2D eigenvalue weighted by atomic mass is 9.85. The number of hydrogen-bond acceptors (Lipinski definition) is 3. The number of anilines is 1. The summed E-state index contributed by atoms with van der Waals surface area (Å²) < 4.78 is 6.06. The maximum atomic E-state index is 11.8. The first kappa shape index (κ1) is 15.7. The minimum Gasteiger partial charge on any atom is -0.488 e. The molecule has 4 nitrogen and oxygen atoms in total. The molecule has 0 bridgehead atoms. The number of ether oxygens (including phenoxy) is 1. The fourth-order valence-corrected chi connectivity index (χ4v) is 2.96. The third kappa shape index (κ3) is 4.13. The van der Waals surface area contributed by atoms with Gasteiger partial charge in [0, 0.05) is 12.1 Å². The van der Waals surface area contributed by atoms with E-state index in [2.05, 4.69) is 12.2 Å². The summed E-state index contributed by atoms with van der Waals surface area (Å²) in [6.45, 7) is 4.74. The number of carbonyl (C=O) groups excluding carboxylic acids is 1. The first-order valence-electron chi connectivity index (χ1n) is 7.98. The maximum Gasteiger partial charge on any atom is 0.251 e. The van der Waals surface area contributed by atoms with Crippen molar-refractivity contribution in [1.29, 1.82) is 0 Å². The number of amides is 1. The van der Waals surface area contributed by atoms with E-state index >= 15 is 0 Å². The number of rotatable bonds is 5. The monoisotopic (exact) mass is 290 g/mol. The van der Waals surface area contributed by atoms with Crippen LogP contribution in [0.4, 0.5) is 5.69 Å². The molecule has 1 saturated carbocycles. The molecule has 3 N–H and O–H groups in total. The second-order valence-corrected chi connectivity index (χ2v) is 5.79. The van der Waals surface area contributed by atoms with Gasteiger partial charge in [-0.1, -0.05) is 19.8 Å². The molecule has 1 aromatic carbocycles. The Labute approximate surface area is 127 Å². The molecule has 0 saturated heterocycles. The molecule has 0 radical (unpaired) electrons. The molecule has 1 aliphatic carbocycles. The zero-order chi connectivity index (χ0) is 15.2. The number of nitrogens with one attached hydrogen (secondary N) is 1. The smallest absolute Gasteiger partial charge is 0.251 e. The molecule has 21 heavy (non-hydrogen) atoms. The molecule has 0 spiro atoms. The Kier molecular flexibility index (Phi) is 5.48. The molecule has 4 heteroatoms. The van der Waals surface area contributed by atoms with Gasteiger partial charge >= 0.3 is 0 Å². The van der Waals surface area contributed by atoms with Crippen LogP contribution in [-0.2, 0) is 0 Å². The minimum atomic E-state index is -0.0977. The molecular weight excluding hydrogens is 264 g/mol. The minimum absolute atomic E-state index is 0.0977. The first-order valence-corrected chi connectivity index (χ1v) is 7.98. The Morgan fingerprint density at radius 2 is 2.19 bits per heavy atom. The summed E-state index contributed by atoms with van der Waals surface area (Å²) in [6, 6.07) is 5.28. The number of hydrogen-bond donors (Lipinski definition) is 2. The average molecular weight is 290 g/mol. The van der Waals surface area contributed by atoms with E-state index in [-0.39, 0.29) is 12.0 Å². The van der Waals surface area contributed by atoms with Crippen molar-refractivity contribution in [3.63, 3.8) is 0 Å². The summed E-state index contributed by atoms with van der Waals surface area (Å²) in [5, 5.41) is 2.77. The maximum absolute atomic E-state index is 11.8. The van der Waals surface area contributed by atoms with Crippen LogP contribution in [0.25, 0.3) is 0 Å². The van der Waals surface area contributed by atoms with E-state index in [1.54, 1.807) is 12.1 Å². The molecule has 2 rings (SSSR count). The summed E-state index contributed by atoms with van der Waals surface area (Å²) in [4.78, 5) is 11.8. The number of nitrogen functional groups attached to an aromatic ring is 1. The van der Waals surface area contributed by atoms with E-state index in [0.29, 0.717) is 23.5 Å². The van der Waals surface area contributed by atoms with Crippen LogP contribution in [0.5, 0.6) is 5.75 Å². The Hall–Kier alpha value is -1.71. The van der Waals surface area contributed by atoms with Gasteiger partial charge in [-0.05, 0) is 50.3 Å². The van der Waals surface area contributed by atoms with Crippen LogP contribution < -0.4 is 15.8 Å². The van der Waals surface area contributed by atoms with Crippen molar-refractivity contribution >= 4 is 11.6 Å². The van der Waals surface area contributed by atoms with Crippen molar-refractivity contribution in [1.82, 2.24) is 5.32 Å². The zero-order valence-corrected chi connectivity index (χ0v) is 13.0. The standard InChI is InChI=1S/C17H26N2O2/c1-3-12-6-5-7-14(10-12)21-16-9-8-13(11-15(16)18)17(20)19-4-2/h8-9,11-12,14H,3-7,10,18H2,1-2H3,(H,19,20). The van der Waals surface area contributed by atoms with Gasteiger partial charge in [0.05, 0.1) is 11.8 Å². The van der Waals surface area contributed by atoms with Gasteiger partial charge in [0.25, 0.3) is 5.91 Å². The summed E-state index contributed by atoms with van der Waals surface area (Å²) >= 11 is 0. The van der Waals surface area contributed by atoms with Crippen LogP contribution in [0.3, 0.4) is 0 Å². The lowest BCUT2D eigenvalue weighted by Gasteiger charge is -2.29. The van der Waals surface area contributed by atoms with Gasteiger partial charge in [0.1, 0.15) is 5.75 Å². The average Bonchev–Trinajstić information content (AvgIpc) is 2.49. The lowest BCUT2D eigenvalue weighted by molar-refractivity contribution is 0.0955. The largest absolute Gasteiger partial charge is 0.488 e. The fourth-order valence-electron chi connectivity index (χ4n) is 2.96. The molecule has 1 aromatic rings. The van der Waals surface area contributed by atoms with E-state index in [9.17, 15) is 4.79 Å². The van der Waals surface area contributed by atoms with Gasteiger partial charge in [-0.3, -0.25) is 4.79 Å². The van der Waals surface area contributed by atoms with Crippen LogP contribution >= 0.6 is 0 Å². The molecule has 1 fully saturated rings. The lowest BCUT2D eigenvalue weighted by Crippen LogP contribution is -2.26. The van der Waals surface area contributed by atoms with Crippen molar-refractivity contribution in [2.45, 2.75) is 52.1 Å². The second kappa shape index (κ2) is 7.34. The zero-order valence-electron chi connectivity index (χ0n) is 13.0. The molecule has 1 amide bonds. The van der Waals surface area contributed by atoms with Gasteiger partial charge in [0.15, 0.2) is 0 Å². The van der Waals surface area contributed by atoms with Crippen LogP contribution in [0, 0.1) is 5.92 Å². The molecule has 0 heterocycles. The number of benzene rings is 1. The number of carbonyl (C=O) groups is 1. The van der Waals surface area contributed by atoms with E-state index in [4.69, 9.17) is 10.5 Å². The van der Waals surface area contributed by atoms with Crippen molar-refractivity contribution in [3.8, 4) is 5.75 Å². The van der Waals surface area contributed by atoms with Gasteiger partial charge in [-0.15, -0.1) is 0 Å². The summed E-state index contributed by atoms with van der Waals surface area (Å²) in [7, 11) is 0. The third-order valence-corrected chi connectivity index (χ3v) is 4.21. The fraction of sp³-hybridized carbons (Fsp3) is 0.588. The summed E-state index contributed by atoms with van der Waals surface area (Å²) in [5.41, 5.74) is 7.15. The quantitative estimate of drug-likeness (QED) is 0.817. The predicted molar refractivity (Wildman–Crippen MR) is 85.5 cm³/mol. The predicted octanol–water partition coefficient (Wildman–Crippen LogP) is 3.37. The highest BCUT2D eigenvalue weighted by atomic mass is 16.5. The third-order valence-electron chi connectivity index (χ3n) is 4.21. The highest BCUT2D eigenvalue weighted by Crippen LogP contribution is 2.32. The van der Waals surface area contributed by atoms with Crippen molar-refractivity contribution < 1.29 is 9.53 Å². The Bertz CT molecular complexity index is 488. The van der Waals surface area contributed by atoms with Gasteiger partial charge < -0.3 is 15.8 Å². The molecule has 2 atom stereocenters. The molecule has 0 aromatic heterocycles. The van der Waals surface area contributed by atoms with Crippen LogP contribution in [0.1, 0.15) is 56.3 Å². The summed E-state index contributed by atoms with van der Waals surface area (Å²) in [5.74, 6) is 1.36. The topological polar surface area (TPSA) is 64.3 Å². The van der Waals surface area contributed by atoms with Gasteiger partial charge in [-0.2, -0.15) is 0 Å². The van der Waals surface area contributed by atoms with Crippen molar-refractivity contribution in [2.24, 2.45) is 5.92 Å². The molecule has 1 aliphatic rings. The van der Waals surface area contributed by atoms with E-state index in [1.165, 1.54) is 19.3 Å². The first-order chi connectivity index (χ1) is 10.1. The Morgan fingerprint density at radius 1 is 1.38 bits per heavy atom. The molecule has 2 unspecified atom stereocenters. The molecular formula is C17H26N2O2. The molecule has 116 valence electrons. The van der Waals surface area contributed by atoms with Crippen LogP contribution in [-0.4, -0.2) is 18.6 Å². The normalized spacial score (nSPS) is 21.8. The van der Waals surface area contributed by atoms with E-state index in [1.807, 2.05) is 13.0 Å². The van der Waals surface area contributed by atoms with Crippen LogP contribution in [0.15, 0.2) is 18.2 Å². The number of nitrogens with two attached hydrogens (primary N) is 1. The SMILES string of the molecule is CCNC(=O)c1ccc(OC2CCCC(CC)C2)c(N)c1. The second-order valence-electron chi connectivity index (χ2n) is 5.79. The van der Waals surface area contributed by atoms with E-state index < -0.39 is 0 Å². The van der Waals surface area contributed by atoms with Crippen molar-refractivity contribution in [3.05, 3.63) is 23.8 Å². The molecule has 0 aliphatic heterocycles. The van der Waals surface area contributed by atoms with Crippen molar-refractivity contribution in [2.75, 3.05) is 12.3 Å². The van der Waals surface area contributed by atoms with Crippen LogP contribution in [0.2, 0.25) is 0 Å². The van der Waals surface area contributed by atoms with E-state index in [0.717, 1.165) is 18.8 Å². The van der Waals surface area contributed by atoms with Gasteiger partial charge in [0.2, 0.25) is 0 Å². The highest BCUT2D eigenvalue weighted by molar-refractivity contribution is 5.95. The summed E-state index contributed by atoms with van der Waals surface area (Å²) in [6.07, 6.45) is 6.19. The Balaban J connectivity index is 2.02.